The average molecular weight is 423 g/mol. The van der Waals surface area contributed by atoms with E-state index in [1.165, 1.54) is 0 Å². The standard InChI is InChI=1S/C22H22N4O3S/c27-13-5-12-26-20(19(24-22(26)30)17-8-1-2-10-23-17)18-9-4-11-25(18)16-7-3-6-15(14-16)21(28)29/h1-4,6-11,14,19-20,27H,5,12-13H2,(H,24,30)(H,28,29)/t19-,20+/m0/s1. The largest absolute Gasteiger partial charge is 0.478 e. The van der Waals surface area contributed by atoms with Crippen LogP contribution in [0, 0.1) is 0 Å². The minimum Gasteiger partial charge on any atom is -0.478 e. The first-order valence-electron chi connectivity index (χ1n) is 9.70. The van der Waals surface area contributed by atoms with Crippen molar-refractivity contribution in [2.75, 3.05) is 13.2 Å². The highest BCUT2D eigenvalue weighted by Gasteiger charge is 2.40. The van der Waals surface area contributed by atoms with Crippen molar-refractivity contribution in [3.8, 4) is 5.69 Å². The smallest absolute Gasteiger partial charge is 0.335 e. The van der Waals surface area contributed by atoms with Crippen LogP contribution in [-0.4, -0.2) is 48.9 Å². The average Bonchev–Trinajstić information content (AvgIpc) is 3.37. The fourth-order valence-corrected chi connectivity index (χ4v) is 4.20. The number of rotatable bonds is 7. The van der Waals surface area contributed by atoms with Crippen LogP contribution in [0.2, 0.25) is 0 Å². The van der Waals surface area contributed by atoms with Crippen molar-refractivity contribution in [1.29, 1.82) is 0 Å². The Kier molecular flexibility index (Phi) is 5.78. The van der Waals surface area contributed by atoms with Crippen molar-refractivity contribution in [2.24, 2.45) is 0 Å². The molecule has 3 aromatic rings. The molecule has 2 atom stereocenters. The van der Waals surface area contributed by atoms with E-state index < -0.39 is 5.97 Å². The molecule has 8 heteroatoms. The molecule has 3 N–H and O–H groups in total. The van der Waals surface area contributed by atoms with Gasteiger partial charge in [-0.2, -0.15) is 0 Å². The molecule has 0 saturated carbocycles. The molecular formula is C22H22N4O3S. The van der Waals surface area contributed by atoms with E-state index in [1.807, 2.05) is 47.2 Å². The molecule has 2 aromatic heterocycles. The van der Waals surface area contributed by atoms with Gasteiger partial charge in [-0.3, -0.25) is 4.98 Å². The Balaban J connectivity index is 1.79. The number of carboxylic acids is 1. The summed E-state index contributed by atoms with van der Waals surface area (Å²) in [7, 11) is 0. The number of nitrogens with zero attached hydrogens (tertiary/aromatic N) is 3. The van der Waals surface area contributed by atoms with Crippen molar-refractivity contribution in [2.45, 2.75) is 18.5 Å². The highest BCUT2D eigenvalue weighted by molar-refractivity contribution is 7.80. The summed E-state index contributed by atoms with van der Waals surface area (Å²) in [4.78, 5) is 18.0. The summed E-state index contributed by atoms with van der Waals surface area (Å²) in [6.07, 6.45) is 4.25. The number of thiocarbonyl (C=S) groups is 1. The van der Waals surface area contributed by atoms with Gasteiger partial charge >= 0.3 is 5.97 Å². The number of aromatic nitrogens is 2. The molecule has 0 bridgehead atoms. The van der Waals surface area contributed by atoms with Gasteiger partial charge in [0.25, 0.3) is 0 Å². The molecule has 30 heavy (non-hydrogen) atoms. The zero-order valence-corrected chi connectivity index (χ0v) is 17.0. The Bertz CT molecular complexity index is 1050. The second-order valence-electron chi connectivity index (χ2n) is 7.06. The van der Waals surface area contributed by atoms with Crippen molar-refractivity contribution in [3.63, 3.8) is 0 Å². The number of carbonyl (C=O) groups is 1. The third kappa shape index (κ3) is 3.79. The van der Waals surface area contributed by atoms with Crippen LogP contribution in [0.25, 0.3) is 5.69 Å². The van der Waals surface area contributed by atoms with E-state index in [9.17, 15) is 15.0 Å². The molecule has 0 radical (unpaired) electrons. The SMILES string of the molecule is O=C(O)c1cccc(-n2cccc2[C@@H]2[C@H](c3ccccn3)NC(=S)N2CCCO)c1. The molecule has 1 saturated heterocycles. The number of aliphatic hydroxyl groups excluding tert-OH is 1. The van der Waals surface area contributed by atoms with E-state index in [2.05, 4.69) is 15.2 Å². The fraction of sp³-hybridized carbons (Fsp3) is 0.227. The van der Waals surface area contributed by atoms with Gasteiger partial charge in [0.05, 0.1) is 23.3 Å². The van der Waals surface area contributed by atoms with Gasteiger partial charge < -0.3 is 25.0 Å². The first-order valence-corrected chi connectivity index (χ1v) is 10.1. The van der Waals surface area contributed by atoms with Crippen LogP contribution in [0.1, 0.15) is 40.3 Å². The number of hydrogen-bond acceptors (Lipinski definition) is 4. The lowest BCUT2D eigenvalue weighted by Gasteiger charge is -2.28. The first-order chi connectivity index (χ1) is 14.6. The Morgan fingerprint density at radius 3 is 2.77 bits per heavy atom. The maximum atomic E-state index is 11.4. The summed E-state index contributed by atoms with van der Waals surface area (Å²) in [6, 6.07) is 16.2. The molecule has 1 aliphatic heterocycles. The lowest BCUT2D eigenvalue weighted by molar-refractivity contribution is 0.0697. The predicted molar refractivity (Wildman–Crippen MR) is 117 cm³/mol. The van der Waals surface area contributed by atoms with Crippen LogP contribution >= 0.6 is 12.2 Å². The van der Waals surface area contributed by atoms with Crippen LogP contribution in [0.5, 0.6) is 0 Å². The molecular weight excluding hydrogens is 400 g/mol. The monoisotopic (exact) mass is 422 g/mol. The number of nitrogens with one attached hydrogen (secondary N) is 1. The minimum absolute atomic E-state index is 0.0712. The van der Waals surface area contributed by atoms with Crippen molar-refractivity contribution in [1.82, 2.24) is 19.8 Å². The Labute approximate surface area is 179 Å². The Hall–Kier alpha value is -3.23. The van der Waals surface area contributed by atoms with Gasteiger partial charge in [0.2, 0.25) is 0 Å². The number of carboxylic acid groups (broad SMARTS) is 1. The highest BCUT2D eigenvalue weighted by Crippen LogP contribution is 2.39. The van der Waals surface area contributed by atoms with E-state index in [4.69, 9.17) is 12.2 Å². The quantitative estimate of drug-likeness (QED) is 0.504. The van der Waals surface area contributed by atoms with Gasteiger partial charge in [-0.05, 0) is 61.1 Å². The molecule has 154 valence electrons. The van der Waals surface area contributed by atoms with E-state index in [0.717, 1.165) is 17.1 Å². The van der Waals surface area contributed by atoms with Crippen molar-refractivity contribution >= 4 is 23.3 Å². The maximum absolute atomic E-state index is 11.4. The van der Waals surface area contributed by atoms with Crippen molar-refractivity contribution in [3.05, 3.63) is 83.9 Å². The molecule has 0 aliphatic carbocycles. The summed E-state index contributed by atoms with van der Waals surface area (Å²) in [5.41, 5.74) is 2.81. The molecule has 3 heterocycles. The van der Waals surface area contributed by atoms with Gasteiger partial charge in [0.1, 0.15) is 0 Å². The number of aromatic carboxylic acids is 1. The van der Waals surface area contributed by atoms with Crippen LogP contribution in [0.4, 0.5) is 0 Å². The summed E-state index contributed by atoms with van der Waals surface area (Å²) in [5.74, 6) is -0.967. The van der Waals surface area contributed by atoms with Gasteiger partial charge in [-0.15, -0.1) is 0 Å². The van der Waals surface area contributed by atoms with Gasteiger partial charge in [0, 0.05) is 36.9 Å². The molecule has 7 nitrogen and oxygen atoms in total. The molecule has 1 aliphatic rings. The summed E-state index contributed by atoms with van der Waals surface area (Å²) < 4.78 is 1.98. The van der Waals surface area contributed by atoms with E-state index >= 15 is 0 Å². The second-order valence-corrected chi connectivity index (χ2v) is 7.44. The normalized spacial score (nSPS) is 18.4. The molecule has 1 fully saturated rings. The number of hydrogen-bond donors (Lipinski definition) is 3. The van der Waals surface area contributed by atoms with E-state index in [0.29, 0.717) is 18.1 Å². The van der Waals surface area contributed by atoms with Crippen LogP contribution in [0.3, 0.4) is 0 Å². The van der Waals surface area contributed by atoms with Crippen LogP contribution in [-0.2, 0) is 0 Å². The second kappa shape index (κ2) is 8.64. The first kappa shape index (κ1) is 20.1. The summed E-state index contributed by atoms with van der Waals surface area (Å²) in [5, 5.41) is 22.7. The highest BCUT2D eigenvalue weighted by atomic mass is 32.1. The van der Waals surface area contributed by atoms with E-state index in [-0.39, 0.29) is 24.3 Å². The third-order valence-electron chi connectivity index (χ3n) is 5.21. The van der Waals surface area contributed by atoms with Gasteiger partial charge in [-0.25, -0.2) is 4.79 Å². The number of benzene rings is 1. The lowest BCUT2D eigenvalue weighted by atomic mass is 10.0. The topological polar surface area (TPSA) is 90.6 Å². The zero-order chi connectivity index (χ0) is 21.1. The molecule has 0 unspecified atom stereocenters. The van der Waals surface area contributed by atoms with E-state index in [1.54, 1.807) is 24.4 Å². The fourth-order valence-electron chi connectivity index (χ4n) is 3.87. The van der Waals surface area contributed by atoms with Gasteiger partial charge in [-0.1, -0.05) is 12.1 Å². The molecule has 0 spiro atoms. The lowest BCUT2D eigenvalue weighted by Crippen LogP contribution is -2.31. The maximum Gasteiger partial charge on any atom is 0.335 e. The summed E-state index contributed by atoms with van der Waals surface area (Å²) >= 11 is 5.62. The van der Waals surface area contributed by atoms with Crippen molar-refractivity contribution < 1.29 is 15.0 Å². The zero-order valence-electron chi connectivity index (χ0n) is 16.2. The number of pyridine rings is 1. The van der Waals surface area contributed by atoms with Crippen LogP contribution in [0.15, 0.2) is 67.0 Å². The number of aliphatic hydroxyl groups is 1. The molecule has 4 rings (SSSR count). The summed E-state index contributed by atoms with van der Waals surface area (Å²) in [6.45, 7) is 0.665. The van der Waals surface area contributed by atoms with Gasteiger partial charge in [0.15, 0.2) is 5.11 Å². The Morgan fingerprint density at radius 2 is 2.03 bits per heavy atom. The molecule has 1 aromatic carbocycles. The predicted octanol–water partition coefficient (Wildman–Crippen LogP) is 2.93. The van der Waals surface area contributed by atoms with Crippen LogP contribution < -0.4 is 5.32 Å². The minimum atomic E-state index is -0.967. The Morgan fingerprint density at radius 1 is 1.17 bits per heavy atom. The third-order valence-corrected chi connectivity index (χ3v) is 5.56. The molecule has 0 amide bonds.